The Morgan fingerprint density at radius 1 is 1.05 bits per heavy atom. The van der Waals surface area contributed by atoms with Gasteiger partial charge in [0.05, 0.1) is 6.10 Å². The van der Waals surface area contributed by atoms with Crippen molar-refractivity contribution in [1.82, 2.24) is 0 Å². The van der Waals surface area contributed by atoms with Crippen molar-refractivity contribution in [2.24, 2.45) is 0 Å². The lowest BCUT2D eigenvalue weighted by molar-refractivity contribution is -0.145. The fourth-order valence-corrected chi connectivity index (χ4v) is 2.60. The molecule has 2 unspecified atom stereocenters. The van der Waals surface area contributed by atoms with Crippen LogP contribution in [0.5, 0.6) is 0 Å². The first-order chi connectivity index (χ1) is 9.17. The maximum atomic E-state index is 11.8. The van der Waals surface area contributed by atoms with Crippen LogP contribution in [-0.4, -0.2) is 23.8 Å². The third-order valence-corrected chi connectivity index (χ3v) is 3.77. The molecular formula is C16H28O3. The molecule has 0 spiro atoms. The monoisotopic (exact) mass is 268 g/mol. The SMILES string of the molecule is CCCCCCC(CCC)OC1CC(=O)CCC1=O. The molecule has 1 fully saturated rings. The highest BCUT2D eigenvalue weighted by molar-refractivity contribution is 5.96. The Labute approximate surface area is 117 Å². The van der Waals surface area contributed by atoms with Crippen LogP contribution in [0.4, 0.5) is 0 Å². The van der Waals surface area contributed by atoms with Crippen LogP contribution in [0.3, 0.4) is 0 Å². The van der Waals surface area contributed by atoms with E-state index < -0.39 is 6.10 Å². The van der Waals surface area contributed by atoms with Gasteiger partial charge in [-0.05, 0) is 12.8 Å². The van der Waals surface area contributed by atoms with Crippen LogP contribution in [0.1, 0.15) is 78.1 Å². The molecule has 0 bridgehead atoms. The van der Waals surface area contributed by atoms with Crippen molar-refractivity contribution in [3.05, 3.63) is 0 Å². The van der Waals surface area contributed by atoms with Crippen molar-refractivity contribution < 1.29 is 14.3 Å². The Morgan fingerprint density at radius 2 is 1.84 bits per heavy atom. The lowest BCUT2D eigenvalue weighted by atomic mass is 9.94. The van der Waals surface area contributed by atoms with Crippen LogP contribution in [0.2, 0.25) is 0 Å². The Balaban J connectivity index is 2.37. The normalized spacial score (nSPS) is 21.7. The lowest BCUT2D eigenvalue weighted by Gasteiger charge is -2.26. The summed E-state index contributed by atoms with van der Waals surface area (Å²) in [7, 11) is 0. The molecule has 0 radical (unpaired) electrons. The van der Waals surface area contributed by atoms with Gasteiger partial charge in [-0.25, -0.2) is 0 Å². The number of carbonyl (C=O) groups excluding carboxylic acids is 2. The summed E-state index contributed by atoms with van der Waals surface area (Å²) in [6.07, 6.45) is 8.74. The molecule has 0 aliphatic heterocycles. The number of hydrogen-bond acceptors (Lipinski definition) is 3. The molecule has 1 rings (SSSR count). The quantitative estimate of drug-likeness (QED) is 0.597. The van der Waals surface area contributed by atoms with Gasteiger partial charge in [0.25, 0.3) is 0 Å². The average Bonchev–Trinajstić information content (AvgIpc) is 2.39. The van der Waals surface area contributed by atoms with Gasteiger partial charge in [0, 0.05) is 19.3 Å². The van der Waals surface area contributed by atoms with Gasteiger partial charge in [-0.3, -0.25) is 9.59 Å². The first-order valence-electron chi connectivity index (χ1n) is 7.87. The molecule has 0 aromatic rings. The van der Waals surface area contributed by atoms with Crippen LogP contribution < -0.4 is 0 Å². The third-order valence-electron chi connectivity index (χ3n) is 3.77. The molecular weight excluding hydrogens is 240 g/mol. The summed E-state index contributed by atoms with van der Waals surface area (Å²) >= 11 is 0. The van der Waals surface area contributed by atoms with Crippen molar-refractivity contribution in [3.63, 3.8) is 0 Å². The average molecular weight is 268 g/mol. The standard InChI is InChI=1S/C16H28O3/c1-3-5-6-7-9-14(8-4-2)19-16-12-13(17)10-11-15(16)18/h14,16H,3-12H2,1-2H3. The minimum absolute atomic E-state index is 0.120. The van der Waals surface area contributed by atoms with Crippen molar-refractivity contribution in [3.8, 4) is 0 Å². The largest absolute Gasteiger partial charge is 0.367 e. The number of Topliss-reactive ketones (excluding diaryl/α,β-unsaturated/α-hetero) is 2. The number of ketones is 2. The van der Waals surface area contributed by atoms with Crippen molar-refractivity contribution >= 4 is 11.6 Å². The second-order valence-corrected chi connectivity index (χ2v) is 5.59. The summed E-state index contributed by atoms with van der Waals surface area (Å²) in [6.45, 7) is 4.34. The van der Waals surface area contributed by atoms with Gasteiger partial charge in [0.1, 0.15) is 11.9 Å². The van der Waals surface area contributed by atoms with Crippen molar-refractivity contribution in [1.29, 1.82) is 0 Å². The van der Waals surface area contributed by atoms with Crippen LogP contribution in [0, 0.1) is 0 Å². The Hall–Kier alpha value is -0.700. The molecule has 2 atom stereocenters. The number of carbonyl (C=O) groups is 2. The topological polar surface area (TPSA) is 43.4 Å². The second-order valence-electron chi connectivity index (χ2n) is 5.59. The first-order valence-corrected chi connectivity index (χ1v) is 7.87. The number of ether oxygens (including phenoxy) is 1. The molecule has 0 aromatic heterocycles. The molecule has 3 heteroatoms. The fourth-order valence-electron chi connectivity index (χ4n) is 2.60. The molecule has 1 saturated carbocycles. The van der Waals surface area contributed by atoms with Crippen LogP contribution in [-0.2, 0) is 14.3 Å². The highest BCUT2D eigenvalue weighted by atomic mass is 16.5. The van der Waals surface area contributed by atoms with E-state index in [9.17, 15) is 9.59 Å². The van der Waals surface area contributed by atoms with Crippen molar-refractivity contribution in [2.45, 2.75) is 90.3 Å². The van der Waals surface area contributed by atoms with Gasteiger partial charge in [-0.1, -0.05) is 46.0 Å². The van der Waals surface area contributed by atoms with Gasteiger partial charge < -0.3 is 4.74 Å². The molecule has 0 heterocycles. The Morgan fingerprint density at radius 3 is 2.53 bits per heavy atom. The molecule has 0 aromatic carbocycles. The van der Waals surface area contributed by atoms with E-state index in [1.165, 1.54) is 19.3 Å². The highest BCUT2D eigenvalue weighted by Gasteiger charge is 2.29. The predicted molar refractivity (Wildman–Crippen MR) is 76.2 cm³/mol. The summed E-state index contributed by atoms with van der Waals surface area (Å²) in [4.78, 5) is 23.2. The number of hydrogen-bond donors (Lipinski definition) is 0. The summed E-state index contributed by atoms with van der Waals surface area (Å²) in [5.41, 5.74) is 0. The van der Waals surface area contributed by atoms with E-state index in [0.717, 1.165) is 25.7 Å². The molecule has 0 amide bonds. The second kappa shape index (κ2) is 9.24. The third kappa shape index (κ3) is 6.33. The summed E-state index contributed by atoms with van der Waals surface area (Å²) in [5.74, 6) is 0.292. The van der Waals surface area contributed by atoms with E-state index in [4.69, 9.17) is 4.74 Å². The summed E-state index contributed by atoms with van der Waals surface area (Å²) in [5, 5.41) is 0. The van der Waals surface area contributed by atoms with Crippen molar-refractivity contribution in [2.75, 3.05) is 0 Å². The molecule has 19 heavy (non-hydrogen) atoms. The lowest BCUT2D eigenvalue weighted by Crippen LogP contribution is -2.35. The van der Waals surface area contributed by atoms with E-state index in [1.807, 2.05) is 0 Å². The van der Waals surface area contributed by atoms with E-state index >= 15 is 0 Å². The van der Waals surface area contributed by atoms with Gasteiger partial charge in [0.15, 0.2) is 5.78 Å². The van der Waals surface area contributed by atoms with Gasteiger partial charge in [-0.2, -0.15) is 0 Å². The number of unbranched alkanes of at least 4 members (excludes halogenated alkanes) is 3. The molecule has 0 N–H and O–H groups in total. The summed E-state index contributed by atoms with van der Waals surface area (Å²) in [6, 6.07) is 0. The maximum Gasteiger partial charge on any atom is 0.162 e. The van der Waals surface area contributed by atoms with E-state index in [0.29, 0.717) is 19.3 Å². The van der Waals surface area contributed by atoms with Gasteiger partial charge in [0.2, 0.25) is 0 Å². The van der Waals surface area contributed by atoms with Crippen LogP contribution in [0.15, 0.2) is 0 Å². The highest BCUT2D eigenvalue weighted by Crippen LogP contribution is 2.21. The zero-order valence-corrected chi connectivity index (χ0v) is 12.5. The first kappa shape index (κ1) is 16.4. The van der Waals surface area contributed by atoms with E-state index in [-0.39, 0.29) is 17.7 Å². The molecule has 3 nitrogen and oxygen atoms in total. The fraction of sp³-hybridized carbons (Fsp3) is 0.875. The summed E-state index contributed by atoms with van der Waals surface area (Å²) < 4.78 is 5.92. The zero-order valence-electron chi connectivity index (χ0n) is 12.5. The molecule has 110 valence electrons. The smallest absolute Gasteiger partial charge is 0.162 e. The predicted octanol–water partition coefficient (Wildman–Crippen LogP) is 3.83. The van der Waals surface area contributed by atoms with Gasteiger partial charge in [-0.15, -0.1) is 0 Å². The van der Waals surface area contributed by atoms with Crippen LogP contribution >= 0.6 is 0 Å². The van der Waals surface area contributed by atoms with E-state index in [2.05, 4.69) is 13.8 Å². The Bertz CT molecular complexity index is 286. The molecule has 0 saturated heterocycles. The molecule has 1 aliphatic carbocycles. The maximum absolute atomic E-state index is 11.8. The minimum Gasteiger partial charge on any atom is -0.367 e. The van der Waals surface area contributed by atoms with Crippen LogP contribution in [0.25, 0.3) is 0 Å². The minimum atomic E-state index is -0.455. The van der Waals surface area contributed by atoms with Gasteiger partial charge >= 0.3 is 0 Å². The zero-order chi connectivity index (χ0) is 14.1. The molecule has 1 aliphatic rings. The number of rotatable bonds is 9. The van der Waals surface area contributed by atoms with E-state index in [1.54, 1.807) is 0 Å². The Kier molecular flexibility index (Phi) is 7.96.